The second kappa shape index (κ2) is 8.88. The number of aliphatic imine (C=N–C) groups is 1. The van der Waals surface area contributed by atoms with Gasteiger partial charge in [-0.05, 0) is 44.4 Å². The number of guanidine groups is 1. The zero-order valence-electron chi connectivity index (χ0n) is 15.4. The molecule has 0 aromatic heterocycles. The fourth-order valence-electron chi connectivity index (χ4n) is 3.27. The number of morpholine rings is 1. The van der Waals surface area contributed by atoms with E-state index in [0.29, 0.717) is 17.6 Å². The Kier molecular flexibility index (Phi) is 7.15. The minimum atomic E-state index is 0.320. The van der Waals surface area contributed by atoms with Crippen LogP contribution in [0.15, 0.2) is 4.99 Å². The molecule has 1 heterocycles. The minimum absolute atomic E-state index is 0.320. The molecule has 0 amide bonds. The molecular weight excluding hydrogens is 290 g/mol. The summed E-state index contributed by atoms with van der Waals surface area (Å²) in [4.78, 5) is 6.90. The smallest absolute Gasteiger partial charge is 0.193 e. The van der Waals surface area contributed by atoms with Crippen LogP contribution in [0.25, 0.3) is 0 Å². The number of hydrogen-bond donors (Lipinski definition) is 1. The third-order valence-electron chi connectivity index (χ3n) is 5.21. The lowest BCUT2D eigenvalue weighted by atomic mass is 10.0. The lowest BCUT2D eigenvalue weighted by Gasteiger charge is -2.39. The van der Waals surface area contributed by atoms with E-state index >= 15 is 0 Å². The van der Waals surface area contributed by atoms with E-state index in [4.69, 9.17) is 9.47 Å². The topological polar surface area (TPSA) is 46.1 Å². The van der Waals surface area contributed by atoms with Gasteiger partial charge in [0.15, 0.2) is 5.96 Å². The third-order valence-corrected chi connectivity index (χ3v) is 5.21. The van der Waals surface area contributed by atoms with Crippen LogP contribution in [0.3, 0.4) is 0 Å². The molecule has 2 aliphatic rings. The first-order valence-electron chi connectivity index (χ1n) is 9.35. The van der Waals surface area contributed by atoms with E-state index in [9.17, 15) is 0 Å². The van der Waals surface area contributed by atoms with Gasteiger partial charge in [0, 0.05) is 39.9 Å². The summed E-state index contributed by atoms with van der Waals surface area (Å²) in [6.07, 6.45) is 6.53. The average molecular weight is 325 g/mol. The van der Waals surface area contributed by atoms with Crippen molar-refractivity contribution in [2.45, 2.75) is 65.1 Å². The number of hydrogen-bond acceptors (Lipinski definition) is 3. The maximum atomic E-state index is 6.09. The molecule has 1 N–H and O–H groups in total. The number of ether oxygens (including phenoxy) is 2. The highest BCUT2D eigenvalue weighted by Gasteiger charge is 2.42. The van der Waals surface area contributed by atoms with E-state index in [1.165, 1.54) is 12.8 Å². The van der Waals surface area contributed by atoms with E-state index in [2.05, 4.69) is 36.0 Å². The van der Waals surface area contributed by atoms with Gasteiger partial charge in [-0.15, -0.1) is 0 Å². The van der Waals surface area contributed by atoms with Crippen LogP contribution in [0.1, 0.15) is 52.9 Å². The van der Waals surface area contributed by atoms with Crippen molar-refractivity contribution in [1.29, 1.82) is 0 Å². The lowest BCUT2D eigenvalue weighted by Crippen LogP contribution is -2.54. The van der Waals surface area contributed by atoms with Crippen molar-refractivity contribution in [3.8, 4) is 0 Å². The van der Waals surface area contributed by atoms with Crippen LogP contribution in [0.2, 0.25) is 0 Å². The van der Waals surface area contributed by atoms with Crippen LogP contribution in [-0.4, -0.2) is 63.0 Å². The molecule has 1 saturated carbocycles. The molecule has 134 valence electrons. The predicted molar refractivity (Wildman–Crippen MR) is 95.0 cm³/mol. The Labute approximate surface area is 141 Å². The standard InChI is InChI=1S/C18H35N3O2/c1-5-15-12-21(13-16(6-2)23-15)17(19-4)20-14-18(8-9-18)10-11-22-7-3/h15-16H,5-14H2,1-4H3,(H,19,20). The number of rotatable bonds is 8. The van der Waals surface area contributed by atoms with Crippen molar-refractivity contribution in [2.24, 2.45) is 10.4 Å². The van der Waals surface area contributed by atoms with Crippen LogP contribution in [0.5, 0.6) is 0 Å². The van der Waals surface area contributed by atoms with Crippen LogP contribution < -0.4 is 5.32 Å². The second-order valence-corrected chi connectivity index (χ2v) is 6.95. The van der Waals surface area contributed by atoms with Crippen molar-refractivity contribution >= 4 is 5.96 Å². The SMILES string of the molecule is CCOCCC1(CNC(=NC)N2CC(CC)OC(CC)C2)CC1. The quantitative estimate of drug-likeness (QED) is 0.423. The van der Waals surface area contributed by atoms with Crippen molar-refractivity contribution in [3.63, 3.8) is 0 Å². The third kappa shape index (κ3) is 5.35. The Morgan fingerprint density at radius 3 is 2.35 bits per heavy atom. The normalized spacial score (nSPS) is 27.1. The van der Waals surface area contributed by atoms with Gasteiger partial charge in [-0.3, -0.25) is 4.99 Å². The molecule has 2 fully saturated rings. The minimum Gasteiger partial charge on any atom is -0.382 e. The molecule has 2 rings (SSSR count). The van der Waals surface area contributed by atoms with Crippen molar-refractivity contribution in [2.75, 3.05) is 39.9 Å². The predicted octanol–water partition coefficient (Wildman–Crippen LogP) is 2.66. The molecule has 1 saturated heterocycles. The maximum Gasteiger partial charge on any atom is 0.193 e. The van der Waals surface area contributed by atoms with Gasteiger partial charge in [0.2, 0.25) is 0 Å². The Morgan fingerprint density at radius 2 is 1.87 bits per heavy atom. The van der Waals surface area contributed by atoms with E-state index < -0.39 is 0 Å². The van der Waals surface area contributed by atoms with Gasteiger partial charge < -0.3 is 19.7 Å². The largest absolute Gasteiger partial charge is 0.382 e. The summed E-state index contributed by atoms with van der Waals surface area (Å²) in [7, 11) is 1.89. The first-order valence-corrected chi connectivity index (χ1v) is 9.35. The summed E-state index contributed by atoms with van der Waals surface area (Å²) >= 11 is 0. The van der Waals surface area contributed by atoms with Crippen molar-refractivity contribution in [3.05, 3.63) is 0 Å². The van der Waals surface area contributed by atoms with Gasteiger partial charge in [0.05, 0.1) is 12.2 Å². The first-order chi connectivity index (χ1) is 11.2. The fraction of sp³-hybridized carbons (Fsp3) is 0.944. The number of nitrogens with one attached hydrogen (secondary N) is 1. The number of nitrogens with zero attached hydrogens (tertiary/aromatic N) is 2. The molecule has 0 spiro atoms. The van der Waals surface area contributed by atoms with Gasteiger partial charge in [-0.2, -0.15) is 0 Å². The Balaban J connectivity index is 1.85. The molecule has 0 radical (unpaired) electrons. The molecule has 2 atom stereocenters. The Morgan fingerprint density at radius 1 is 1.22 bits per heavy atom. The summed E-state index contributed by atoms with van der Waals surface area (Å²) in [5, 5.41) is 3.62. The summed E-state index contributed by atoms with van der Waals surface area (Å²) in [5.74, 6) is 1.04. The highest BCUT2D eigenvalue weighted by molar-refractivity contribution is 5.80. The monoisotopic (exact) mass is 325 g/mol. The summed E-state index contributed by atoms with van der Waals surface area (Å²) in [6.45, 7) is 11.1. The molecule has 5 heteroatoms. The Bertz CT molecular complexity index is 370. The van der Waals surface area contributed by atoms with Crippen LogP contribution in [0, 0.1) is 5.41 Å². The highest BCUT2D eigenvalue weighted by atomic mass is 16.5. The second-order valence-electron chi connectivity index (χ2n) is 6.95. The van der Waals surface area contributed by atoms with Crippen molar-refractivity contribution < 1.29 is 9.47 Å². The fourth-order valence-corrected chi connectivity index (χ4v) is 3.27. The molecule has 0 bridgehead atoms. The van der Waals surface area contributed by atoms with Gasteiger partial charge in [-0.25, -0.2) is 0 Å². The average Bonchev–Trinajstić information content (AvgIpc) is 3.35. The summed E-state index contributed by atoms with van der Waals surface area (Å²) in [5.41, 5.74) is 0.436. The maximum absolute atomic E-state index is 6.09. The molecule has 23 heavy (non-hydrogen) atoms. The molecule has 1 aliphatic carbocycles. The zero-order valence-corrected chi connectivity index (χ0v) is 15.4. The first kappa shape index (κ1) is 18.5. The Hall–Kier alpha value is -0.810. The van der Waals surface area contributed by atoms with Crippen molar-refractivity contribution in [1.82, 2.24) is 10.2 Å². The molecule has 2 unspecified atom stereocenters. The van der Waals surface area contributed by atoms with E-state index in [0.717, 1.165) is 58.1 Å². The molecule has 0 aromatic rings. The summed E-state index contributed by atoms with van der Waals surface area (Å²) < 4.78 is 11.6. The summed E-state index contributed by atoms with van der Waals surface area (Å²) in [6, 6.07) is 0. The van der Waals surface area contributed by atoms with E-state index in [-0.39, 0.29) is 0 Å². The zero-order chi connectivity index (χ0) is 16.7. The van der Waals surface area contributed by atoms with Gasteiger partial charge >= 0.3 is 0 Å². The van der Waals surface area contributed by atoms with Gasteiger partial charge in [0.25, 0.3) is 0 Å². The van der Waals surface area contributed by atoms with Gasteiger partial charge in [-0.1, -0.05) is 13.8 Å². The molecule has 5 nitrogen and oxygen atoms in total. The van der Waals surface area contributed by atoms with Gasteiger partial charge in [0.1, 0.15) is 0 Å². The van der Waals surface area contributed by atoms with Crippen LogP contribution in [0.4, 0.5) is 0 Å². The van der Waals surface area contributed by atoms with Crippen LogP contribution in [-0.2, 0) is 9.47 Å². The molecule has 1 aliphatic heterocycles. The lowest BCUT2D eigenvalue weighted by molar-refractivity contribution is -0.0695. The molecule has 0 aromatic carbocycles. The molecular formula is C18H35N3O2. The highest BCUT2D eigenvalue weighted by Crippen LogP contribution is 2.48. The van der Waals surface area contributed by atoms with Crippen LogP contribution >= 0.6 is 0 Å². The van der Waals surface area contributed by atoms with E-state index in [1.807, 2.05) is 7.05 Å². The van der Waals surface area contributed by atoms with E-state index in [1.54, 1.807) is 0 Å².